The summed E-state index contributed by atoms with van der Waals surface area (Å²) in [5.41, 5.74) is 0.0875. The topological polar surface area (TPSA) is 89.7 Å². The summed E-state index contributed by atoms with van der Waals surface area (Å²) in [7, 11) is -2.29. The van der Waals surface area contributed by atoms with E-state index in [1.54, 1.807) is 7.05 Å². The third-order valence-electron chi connectivity index (χ3n) is 3.33. The van der Waals surface area contributed by atoms with Gasteiger partial charge >= 0.3 is 0 Å². The van der Waals surface area contributed by atoms with Gasteiger partial charge in [0.1, 0.15) is 0 Å². The number of halogens is 2. The number of nitrogens with two attached hydrogens (primary N) is 1. The number of carbonyl (C=O) groups is 1. The molecular weight excluding hydrogens is 384 g/mol. The molecule has 1 fully saturated rings. The molecule has 0 spiro atoms. The highest BCUT2D eigenvalue weighted by atomic mass is 79.9. The summed E-state index contributed by atoms with van der Waals surface area (Å²) in [6, 6.07) is 2.41. The zero-order valence-corrected chi connectivity index (χ0v) is 14.3. The van der Waals surface area contributed by atoms with Crippen LogP contribution in [0.2, 0.25) is 5.02 Å². The Labute approximate surface area is 136 Å². The SMILES string of the molecule is CN(C(=O)c1cc(S(N)(=O)=O)cc(Br)c1Cl)C1CCOC1. The van der Waals surface area contributed by atoms with E-state index in [0.29, 0.717) is 17.7 Å². The van der Waals surface area contributed by atoms with Crippen molar-refractivity contribution >= 4 is 43.5 Å². The monoisotopic (exact) mass is 396 g/mol. The Balaban J connectivity index is 2.42. The van der Waals surface area contributed by atoms with Crippen LogP contribution in [0.15, 0.2) is 21.5 Å². The van der Waals surface area contributed by atoms with Gasteiger partial charge in [-0.15, -0.1) is 0 Å². The molecule has 1 aliphatic rings. The van der Waals surface area contributed by atoms with Gasteiger partial charge in [-0.1, -0.05) is 11.6 Å². The largest absolute Gasteiger partial charge is 0.379 e. The first kappa shape index (κ1) is 16.7. The van der Waals surface area contributed by atoms with Crippen molar-refractivity contribution in [3.63, 3.8) is 0 Å². The first-order chi connectivity index (χ1) is 9.71. The molecule has 0 radical (unpaired) electrons. The number of likely N-dealkylation sites (N-methyl/N-ethyl adjacent to an activating group) is 1. The van der Waals surface area contributed by atoms with Crippen LogP contribution in [-0.2, 0) is 14.8 Å². The fraction of sp³-hybridized carbons (Fsp3) is 0.417. The van der Waals surface area contributed by atoms with E-state index >= 15 is 0 Å². The van der Waals surface area contributed by atoms with E-state index in [1.165, 1.54) is 17.0 Å². The minimum atomic E-state index is -3.93. The van der Waals surface area contributed by atoms with Crippen LogP contribution in [0, 0.1) is 0 Å². The molecule has 0 saturated carbocycles. The van der Waals surface area contributed by atoms with Gasteiger partial charge in [-0.05, 0) is 34.5 Å². The predicted octanol–water partition coefficient (Wildman–Crippen LogP) is 1.61. The second kappa shape index (κ2) is 6.21. The first-order valence-corrected chi connectivity index (χ1v) is 8.80. The normalized spacial score (nSPS) is 18.8. The zero-order valence-electron chi connectivity index (χ0n) is 11.2. The van der Waals surface area contributed by atoms with Crippen molar-refractivity contribution in [3.8, 4) is 0 Å². The van der Waals surface area contributed by atoms with E-state index in [1.807, 2.05) is 0 Å². The van der Waals surface area contributed by atoms with Crippen molar-refractivity contribution in [2.45, 2.75) is 17.4 Å². The van der Waals surface area contributed by atoms with Gasteiger partial charge in [-0.3, -0.25) is 4.79 Å². The first-order valence-electron chi connectivity index (χ1n) is 6.08. The van der Waals surface area contributed by atoms with Gasteiger partial charge in [-0.25, -0.2) is 13.6 Å². The van der Waals surface area contributed by atoms with Crippen molar-refractivity contribution < 1.29 is 17.9 Å². The van der Waals surface area contributed by atoms with Crippen LogP contribution in [0.3, 0.4) is 0 Å². The van der Waals surface area contributed by atoms with Crippen molar-refractivity contribution in [1.82, 2.24) is 4.90 Å². The van der Waals surface area contributed by atoms with E-state index in [9.17, 15) is 13.2 Å². The highest BCUT2D eigenvalue weighted by Gasteiger charge is 2.27. The number of hydrogen-bond donors (Lipinski definition) is 1. The maximum atomic E-state index is 12.5. The zero-order chi connectivity index (χ0) is 15.8. The van der Waals surface area contributed by atoms with Crippen LogP contribution in [0.25, 0.3) is 0 Å². The van der Waals surface area contributed by atoms with Gasteiger partial charge in [0.05, 0.1) is 28.1 Å². The summed E-state index contributed by atoms with van der Waals surface area (Å²) in [5.74, 6) is -0.373. The van der Waals surface area contributed by atoms with Crippen LogP contribution < -0.4 is 5.14 Å². The second-order valence-electron chi connectivity index (χ2n) is 4.75. The fourth-order valence-corrected chi connectivity index (χ4v) is 3.43. The standard InChI is InChI=1S/C12H14BrClN2O4S/c1-16(7-2-3-20-6-7)12(17)9-4-8(21(15,18)19)5-10(13)11(9)14/h4-5,7H,2-3,6H2,1H3,(H2,15,18,19). The van der Waals surface area contributed by atoms with Gasteiger partial charge in [0.25, 0.3) is 5.91 Å². The Kier molecular flexibility index (Phi) is 4.94. The minimum Gasteiger partial charge on any atom is -0.379 e. The van der Waals surface area contributed by atoms with Gasteiger partial charge < -0.3 is 9.64 Å². The fourth-order valence-electron chi connectivity index (χ4n) is 2.07. The number of primary sulfonamides is 1. The molecule has 0 aromatic heterocycles. The van der Waals surface area contributed by atoms with E-state index in [2.05, 4.69) is 15.9 Å². The summed E-state index contributed by atoms with van der Waals surface area (Å²) in [6.45, 7) is 1.05. The Morgan fingerprint density at radius 2 is 2.19 bits per heavy atom. The smallest absolute Gasteiger partial charge is 0.255 e. The number of carbonyl (C=O) groups excluding carboxylic acids is 1. The number of sulfonamides is 1. The minimum absolute atomic E-state index is 0.0505. The molecule has 1 aromatic rings. The summed E-state index contributed by atoms with van der Waals surface area (Å²) in [4.78, 5) is 13.9. The molecule has 1 saturated heterocycles. The summed E-state index contributed by atoms with van der Waals surface area (Å²) < 4.78 is 28.5. The van der Waals surface area contributed by atoms with Gasteiger partial charge in [0, 0.05) is 18.1 Å². The van der Waals surface area contributed by atoms with Crippen LogP contribution in [0.1, 0.15) is 16.8 Å². The number of nitrogens with zero attached hydrogens (tertiary/aromatic N) is 1. The molecular formula is C12H14BrClN2O4S. The Hall–Kier alpha value is -0.670. The van der Waals surface area contributed by atoms with E-state index in [-0.39, 0.29) is 27.4 Å². The number of benzene rings is 1. The quantitative estimate of drug-likeness (QED) is 0.839. The molecule has 6 nitrogen and oxygen atoms in total. The van der Waals surface area contributed by atoms with Gasteiger partial charge in [0.2, 0.25) is 10.0 Å². The molecule has 1 heterocycles. The number of hydrogen-bond acceptors (Lipinski definition) is 4. The molecule has 2 rings (SSSR count). The average molecular weight is 398 g/mol. The van der Waals surface area contributed by atoms with Crippen molar-refractivity contribution in [3.05, 3.63) is 27.2 Å². The highest BCUT2D eigenvalue weighted by molar-refractivity contribution is 9.10. The average Bonchev–Trinajstić information content (AvgIpc) is 2.92. The van der Waals surface area contributed by atoms with E-state index in [0.717, 1.165) is 6.42 Å². The third kappa shape index (κ3) is 3.57. The number of rotatable bonds is 3. The summed E-state index contributed by atoms with van der Waals surface area (Å²) >= 11 is 9.24. The Bertz CT molecular complexity index is 674. The van der Waals surface area contributed by atoms with Crippen molar-refractivity contribution in [1.29, 1.82) is 0 Å². The highest BCUT2D eigenvalue weighted by Crippen LogP contribution is 2.31. The summed E-state index contributed by atoms with van der Waals surface area (Å²) in [5, 5.41) is 5.26. The third-order valence-corrected chi connectivity index (χ3v) is 5.49. The molecule has 2 N–H and O–H groups in total. The lowest BCUT2D eigenvalue weighted by Gasteiger charge is -2.24. The molecule has 0 bridgehead atoms. The molecule has 1 aromatic carbocycles. The lowest BCUT2D eigenvalue weighted by atomic mass is 10.1. The Morgan fingerprint density at radius 1 is 1.52 bits per heavy atom. The lowest BCUT2D eigenvalue weighted by Crippen LogP contribution is -2.37. The van der Waals surface area contributed by atoms with Crippen LogP contribution in [0.5, 0.6) is 0 Å². The lowest BCUT2D eigenvalue weighted by molar-refractivity contribution is 0.0711. The van der Waals surface area contributed by atoms with E-state index in [4.69, 9.17) is 21.5 Å². The molecule has 0 aliphatic carbocycles. The Morgan fingerprint density at radius 3 is 2.71 bits per heavy atom. The maximum absolute atomic E-state index is 12.5. The molecule has 9 heteroatoms. The predicted molar refractivity (Wildman–Crippen MR) is 81.8 cm³/mol. The van der Waals surface area contributed by atoms with Crippen molar-refractivity contribution in [2.75, 3.05) is 20.3 Å². The molecule has 116 valence electrons. The molecule has 1 aliphatic heterocycles. The number of ether oxygens (including phenoxy) is 1. The van der Waals surface area contributed by atoms with Crippen LogP contribution in [0.4, 0.5) is 0 Å². The molecule has 1 atom stereocenters. The van der Waals surface area contributed by atoms with E-state index < -0.39 is 10.0 Å². The van der Waals surface area contributed by atoms with Gasteiger partial charge in [-0.2, -0.15) is 0 Å². The maximum Gasteiger partial charge on any atom is 0.255 e. The second-order valence-corrected chi connectivity index (χ2v) is 7.54. The molecule has 1 amide bonds. The van der Waals surface area contributed by atoms with Crippen molar-refractivity contribution in [2.24, 2.45) is 5.14 Å². The molecule has 21 heavy (non-hydrogen) atoms. The molecule has 1 unspecified atom stereocenters. The van der Waals surface area contributed by atoms with Crippen LogP contribution >= 0.6 is 27.5 Å². The van der Waals surface area contributed by atoms with Gasteiger partial charge in [0.15, 0.2) is 0 Å². The summed E-state index contributed by atoms with van der Waals surface area (Å²) in [6.07, 6.45) is 0.732. The number of amides is 1. The van der Waals surface area contributed by atoms with Crippen LogP contribution in [-0.4, -0.2) is 45.5 Å².